The van der Waals surface area contributed by atoms with Gasteiger partial charge in [-0.05, 0) is 51.7 Å². The summed E-state index contributed by atoms with van der Waals surface area (Å²) in [5.41, 5.74) is 8.54. The maximum absolute atomic E-state index is 12.9. The number of nitrogens with zero attached hydrogens (tertiary/aromatic N) is 1. The first-order valence-corrected chi connectivity index (χ1v) is 10.4. The summed E-state index contributed by atoms with van der Waals surface area (Å²) in [5, 5.41) is 0.487. The van der Waals surface area contributed by atoms with Crippen molar-refractivity contribution in [3.8, 4) is 11.1 Å². The zero-order chi connectivity index (χ0) is 20.9. The van der Waals surface area contributed by atoms with Gasteiger partial charge in [0.05, 0.1) is 4.91 Å². The van der Waals surface area contributed by atoms with Crippen molar-refractivity contribution in [1.29, 1.82) is 0 Å². The summed E-state index contributed by atoms with van der Waals surface area (Å²) >= 11 is 1.24. The molecule has 4 rings (SSSR count). The molecule has 0 bridgehead atoms. The molecule has 0 radical (unpaired) electrons. The van der Waals surface area contributed by atoms with E-state index in [0.717, 1.165) is 16.7 Å². The monoisotopic (exact) mass is 411 g/mol. The number of amidine groups is 1. The molecule has 0 heterocycles. The van der Waals surface area contributed by atoms with Crippen LogP contribution in [0.25, 0.3) is 22.8 Å². The summed E-state index contributed by atoms with van der Waals surface area (Å²) in [6.45, 7) is 0. The van der Waals surface area contributed by atoms with Crippen LogP contribution in [0, 0.1) is 0 Å². The van der Waals surface area contributed by atoms with Gasteiger partial charge in [-0.15, -0.1) is 0 Å². The largest absolute Gasteiger partial charge is 0.303 e. The van der Waals surface area contributed by atoms with Crippen molar-refractivity contribution in [2.24, 2.45) is 10.8 Å². The number of allylic oxidation sites excluding steroid dienone is 3. The molecule has 0 saturated carbocycles. The zero-order valence-corrected chi connectivity index (χ0v) is 17.3. The molecule has 0 aliphatic heterocycles. The number of Topliss-reactive ketones (excluding diaryl/α,β-unsaturated/α-hetero) is 1. The van der Waals surface area contributed by atoms with Crippen LogP contribution < -0.4 is 11.3 Å². The summed E-state index contributed by atoms with van der Waals surface area (Å²) in [4.78, 5) is 17.6. The highest BCUT2D eigenvalue weighted by atomic mass is 32.2. The normalized spacial score (nSPS) is 15.0. The van der Waals surface area contributed by atoms with Crippen LogP contribution >= 0.6 is 11.8 Å². The van der Waals surface area contributed by atoms with Gasteiger partial charge in [-0.2, -0.15) is 0 Å². The van der Waals surface area contributed by atoms with E-state index in [1.807, 2.05) is 48.5 Å². The quantitative estimate of drug-likeness (QED) is 0.270. The van der Waals surface area contributed by atoms with E-state index < -0.39 is 0 Å². The van der Waals surface area contributed by atoms with Gasteiger partial charge < -0.3 is 5.43 Å². The van der Waals surface area contributed by atoms with Crippen molar-refractivity contribution in [2.45, 2.75) is 0 Å². The predicted octanol–water partition coefficient (Wildman–Crippen LogP) is 5.16. The van der Waals surface area contributed by atoms with Gasteiger partial charge in [0.2, 0.25) is 0 Å². The van der Waals surface area contributed by atoms with Crippen LogP contribution in [0.5, 0.6) is 0 Å². The molecule has 30 heavy (non-hydrogen) atoms. The Morgan fingerprint density at radius 3 is 2.20 bits per heavy atom. The molecule has 148 valence electrons. The van der Waals surface area contributed by atoms with Crippen molar-refractivity contribution >= 4 is 34.4 Å². The molecule has 0 atom stereocenters. The molecule has 3 aromatic carbocycles. The minimum atomic E-state index is -0.0245. The van der Waals surface area contributed by atoms with E-state index in [1.54, 1.807) is 7.05 Å². The number of hydrazine groups is 1. The summed E-state index contributed by atoms with van der Waals surface area (Å²) in [7, 11) is 1.63. The number of carbonyl (C=O) groups excluding carboxylic acids is 1. The molecule has 4 nitrogen and oxygen atoms in total. The van der Waals surface area contributed by atoms with Gasteiger partial charge in [0.25, 0.3) is 0 Å². The van der Waals surface area contributed by atoms with Gasteiger partial charge in [-0.3, -0.25) is 9.79 Å². The Kier molecular flexibility index (Phi) is 5.93. The lowest BCUT2D eigenvalue weighted by Crippen LogP contribution is -2.28. The highest BCUT2D eigenvalue weighted by Gasteiger charge is 2.24. The molecule has 3 aromatic rings. The van der Waals surface area contributed by atoms with Crippen LogP contribution in [0.2, 0.25) is 0 Å². The van der Waals surface area contributed by atoms with Crippen molar-refractivity contribution in [3.63, 3.8) is 0 Å². The van der Waals surface area contributed by atoms with Crippen LogP contribution in [-0.2, 0) is 0 Å². The first kappa shape index (κ1) is 19.9. The topological polar surface area (TPSA) is 67.5 Å². The lowest BCUT2D eigenvalue weighted by molar-refractivity contribution is 0.104. The van der Waals surface area contributed by atoms with Gasteiger partial charge in [0.1, 0.15) is 0 Å². The van der Waals surface area contributed by atoms with E-state index in [2.05, 4.69) is 52.9 Å². The molecule has 0 aromatic heterocycles. The molecule has 0 fully saturated rings. The Hall–Kier alpha value is -3.41. The minimum Gasteiger partial charge on any atom is -0.303 e. The number of aliphatic imine (C=N–C) groups is 1. The number of fused-ring (bicyclic) bond motifs is 1. The molecule has 3 N–H and O–H groups in total. The van der Waals surface area contributed by atoms with Crippen molar-refractivity contribution in [2.75, 3.05) is 7.05 Å². The molecular weight excluding hydrogens is 390 g/mol. The summed E-state index contributed by atoms with van der Waals surface area (Å²) in [5.74, 6) is 5.48. The van der Waals surface area contributed by atoms with Crippen LogP contribution in [0.1, 0.15) is 21.5 Å². The lowest BCUT2D eigenvalue weighted by atomic mass is 9.90. The third-order valence-corrected chi connectivity index (χ3v) is 5.88. The molecule has 0 saturated heterocycles. The second-order valence-electron chi connectivity index (χ2n) is 6.75. The molecule has 0 unspecified atom stereocenters. The Morgan fingerprint density at radius 2 is 1.53 bits per heavy atom. The molecule has 1 aliphatic carbocycles. The van der Waals surface area contributed by atoms with E-state index in [-0.39, 0.29) is 5.78 Å². The number of nitrogens with one attached hydrogen (secondary N) is 1. The van der Waals surface area contributed by atoms with Gasteiger partial charge in [-0.1, -0.05) is 78.9 Å². The number of benzene rings is 3. The Morgan fingerprint density at radius 1 is 0.900 bits per heavy atom. The lowest BCUT2D eigenvalue weighted by Gasteiger charge is -2.18. The van der Waals surface area contributed by atoms with Gasteiger partial charge >= 0.3 is 0 Å². The average Bonchev–Trinajstić information content (AvgIpc) is 2.81. The van der Waals surface area contributed by atoms with Crippen LogP contribution in [0.3, 0.4) is 0 Å². The first-order valence-electron chi connectivity index (χ1n) is 9.54. The smallest absolute Gasteiger partial charge is 0.200 e. The van der Waals surface area contributed by atoms with E-state index in [1.165, 1.54) is 22.9 Å². The fraction of sp³-hybridized carbons (Fsp3) is 0.0400. The third-order valence-electron chi connectivity index (χ3n) is 4.87. The third kappa shape index (κ3) is 4.13. The molecule has 1 aliphatic rings. The number of carbonyl (C=O) groups is 1. The van der Waals surface area contributed by atoms with E-state index >= 15 is 0 Å². The van der Waals surface area contributed by atoms with E-state index in [9.17, 15) is 4.79 Å². The Bertz CT molecular complexity index is 1160. The molecule has 5 heteroatoms. The molecule has 0 amide bonds. The maximum atomic E-state index is 12.9. The van der Waals surface area contributed by atoms with Crippen molar-refractivity contribution in [1.82, 2.24) is 5.43 Å². The highest BCUT2D eigenvalue weighted by Crippen LogP contribution is 2.35. The fourth-order valence-corrected chi connectivity index (χ4v) is 4.12. The van der Waals surface area contributed by atoms with Gasteiger partial charge in [0.15, 0.2) is 11.0 Å². The number of ketones is 1. The Balaban J connectivity index is 1.72. The average molecular weight is 412 g/mol. The van der Waals surface area contributed by atoms with Gasteiger partial charge in [0, 0.05) is 12.6 Å². The zero-order valence-electron chi connectivity index (χ0n) is 16.5. The van der Waals surface area contributed by atoms with Crippen LogP contribution in [0.4, 0.5) is 0 Å². The standard InChI is InChI=1S/C25H21N3OS/c1-27-25(28-26)30-23-16-20(21-9-5-6-10-22(21)24(23)29)15-17-11-13-19(14-12-17)18-7-3-2-4-8-18/h2-16H,26H2,1H3,(H,27,28). The van der Waals surface area contributed by atoms with Gasteiger partial charge in [-0.25, -0.2) is 5.84 Å². The Labute approximate surface area is 180 Å². The number of hydrogen-bond donors (Lipinski definition) is 2. The van der Waals surface area contributed by atoms with Crippen LogP contribution in [-0.4, -0.2) is 18.0 Å². The number of thioether (sulfide) groups is 1. The highest BCUT2D eigenvalue weighted by molar-refractivity contribution is 8.17. The number of rotatable bonds is 3. The van der Waals surface area contributed by atoms with Crippen LogP contribution in [0.15, 0.2) is 94.8 Å². The number of hydrogen-bond acceptors (Lipinski definition) is 4. The summed E-state index contributed by atoms with van der Waals surface area (Å²) in [6, 6.07) is 26.4. The minimum absolute atomic E-state index is 0.0245. The molecule has 0 spiro atoms. The van der Waals surface area contributed by atoms with E-state index in [0.29, 0.717) is 15.6 Å². The van der Waals surface area contributed by atoms with E-state index in [4.69, 9.17) is 5.84 Å². The first-order chi connectivity index (χ1) is 14.7. The second-order valence-corrected chi connectivity index (χ2v) is 7.78. The predicted molar refractivity (Wildman–Crippen MR) is 127 cm³/mol. The fourth-order valence-electron chi connectivity index (χ4n) is 3.37. The summed E-state index contributed by atoms with van der Waals surface area (Å²) in [6.07, 6.45) is 4.00. The second kappa shape index (κ2) is 8.95. The maximum Gasteiger partial charge on any atom is 0.200 e. The molecular formula is C25H21N3OS. The SMILES string of the molecule is CN=C(NN)SC1=CC(=Cc2ccc(-c3ccccc3)cc2)c2ccccc2C1=O. The van der Waals surface area contributed by atoms with Crippen molar-refractivity contribution in [3.05, 3.63) is 107 Å². The van der Waals surface area contributed by atoms with Crippen molar-refractivity contribution < 1.29 is 4.79 Å². The summed E-state index contributed by atoms with van der Waals surface area (Å²) < 4.78 is 0. The number of nitrogens with two attached hydrogens (primary N) is 1.